The number of carbonyl (C=O) groups is 1. The number of benzene rings is 1. The molecular weight excluding hydrogens is 315 g/mol. The maximum absolute atomic E-state index is 12.8. The first kappa shape index (κ1) is 14.5. The Hall–Kier alpha value is -1.55. The van der Waals surface area contributed by atoms with Crippen LogP contribution in [0.3, 0.4) is 0 Å². The SMILES string of the molecule is COc1c(C#N)cc(C(=O)CBr)cc1C(F)(F)F. The molecule has 0 radical (unpaired) electrons. The summed E-state index contributed by atoms with van der Waals surface area (Å²) in [7, 11) is 1.04. The van der Waals surface area contributed by atoms with Crippen LogP contribution in [0.4, 0.5) is 13.2 Å². The van der Waals surface area contributed by atoms with Crippen molar-refractivity contribution in [2.24, 2.45) is 0 Å². The minimum absolute atomic E-state index is 0.124. The van der Waals surface area contributed by atoms with E-state index >= 15 is 0 Å². The number of Topliss-reactive ketones (excluding diaryl/α,β-unsaturated/α-hetero) is 1. The Labute approximate surface area is 109 Å². The van der Waals surface area contributed by atoms with Crippen LogP contribution >= 0.6 is 15.9 Å². The molecule has 0 aliphatic carbocycles. The molecule has 0 spiro atoms. The van der Waals surface area contributed by atoms with E-state index in [0.717, 1.165) is 13.2 Å². The highest BCUT2D eigenvalue weighted by Crippen LogP contribution is 2.38. The van der Waals surface area contributed by atoms with Gasteiger partial charge in [0.2, 0.25) is 0 Å². The second-order valence-corrected chi connectivity index (χ2v) is 3.83. The van der Waals surface area contributed by atoms with Gasteiger partial charge in [-0.1, -0.05) is 15.9 Å². The summed E-state index contributed by atoms with van der Waals surface area (Å²) in [4.78, 5) is 11.4. The lowest BCUT2D eigenvalue weighted by Gasteiger charge is -2.14. The molecule has 0 aliphatic rings. The minimum atomic E-state index is -4.69. The zero-order chi connectivity index (χ0) is 13.9. The predicted octanol–water partition coefficient (Wildman–Crippen LogP) is 3.16. The van der Waals surface area contributed by atoms with Crippen molar-refractivity contribution < 1.29 is 22.7 Å². The van der Waals surface area contributed by atoms with Crippen LogP contribution in [0.25, 0.3) is 0 Å². The highest BCUT2D eigenvalue weighted by atomic mass is 79.9. The first-order valence-electron chi connectivity index (χ1n) is 4.63. The van der Waals surface area contributed by atoms with Gasteiger partial charge in [-0.25, -0.2) is 0 Å². The molecule has 1 aromatic carbocycles. The van der Waals surface area contributed by atoms with Gasteiger partial charge in [0.25, 0.3) is 0 Å². The lowest BCUT2D eigenvalue weighted by Crippen LogP contribution is -2.12. The summed E-state index contributed by atoms with van der Waals surface area (Å²) < 4.78 is 43.0. The fourth-order valence-electron chi connectivity index (χ4n) is 1.38. The van der Waals surface area contributed by atoms with E-state index in [2.05, 4.69) is 20.7 Å². The Kier molecular flexibility index (Phi) is 4.35. The predicted molar refractivity (Wildman–Crippen MR) is 60.8 cm³/mol. The van der Waals surface area contributed by atoms with Crippen LogP contribution in [0.5, 0.6) is 5.75 Å². The first-order valence-corrected chi connectivity index (χ1v) is 5.75. The molecule has 18 heavy (non-hydrogen) atoms. The van der Waals surface area contributed by atoms with Crippen LogP contribution in [0.1, 0.15) is 21.5 Å². The van der Waals surface area contributed by atoms with E-state index in [0.29, 0.717) is 6.07 Å². The molecule has 0 unspecified atom stereocenters. The molecule has 0 fully saturated rings. The van der Waals surface area contributed by atoms with E-state index in [1.54, 1.807) is 6.07 Å². The fourth-order valence-corrected chi connectivity index (χ4v) is 1.70. The van der Waals surface area contributed by atoms with Crippen LogP contribution in [0, 0.1) is 11.3 Å². The summed E-state index contributed by atoms with van der Waals surface area (Å²) in [6.07, 6.45) is -4.69. The second kappa shape index (κ2) is 5.40. The van der Waals surface area contributed by atoms with E-state index < -0.39 is 23.3 Å². The number of carbonyl (C=O) groups excluding carboxylic acids is 1. The Bertz CT molecular complexity index is 520. The van der Waals surface area contributed by atoms with E-state index in [1.807, 2.05) is 0 Å². The van der Waals surface area contributed by atoms with Gasteiger partial charge in [-0.05, 0) is 12.1 Å². The molecule has 96 valence electrons. The Morgan fingerprint density at radius 2 is 2.11 bits per heavy atom. The molecule has 0 bridgehead atoms. The molecule has 0 atom stereocenters. The van der Waals surface area contributed by atoms with Crippen LogP contribution in [0.2, 0.25) is 0 Å². The van der Waals surface area contributed by atoms with Crippen molar-refractivity contribution in [2.45, 2.75) is 6.18 Å². The van der Waals surface area contributed by atoms with Gasteiger partial charge in [-0.2, -0.15) is 18.4 Å². The number of hydrogen-bond acceptors (Lipinski definition) is 3. The van der Waals surface area contributed by atoms with Gasteiger partial charge in [0.1, 0.15) is 11.8 Å². The third-order valence-electron chi connectivity index (χ3n) is 2.16. The molecule has 0 amide bonds. The van der Waals surface area contributed by atoms with Gasteiger partial charge in [0, 0.05) is 5.56 Å². The van der Waals surface area contributed by atoms with E-state index in [9.17, 15) is 18.0 Å². The lowest BCUT2D eigenvalue weighted by atomic mass is 10.0. The quantitative estimate of drug-likeness (QED) is 0.634. The molecule has 0 heterocycles. The molecule has 7 heteroatoms. The zero-order valence-electron chi connectivity index (χ0n) is 9.14. The van der Waals surface area contributed by atoms with Crippen LogP contribution in [-0.4, -0.2) is 18.2 Å². The van der Waals surface area contributed by atoms with Gasteiger partial charge in [-0.15, -0.1) is 0 Å². The van der Waals surface area contributed by atoms with E-state index in [1.165, 1.54) is 0 Å². The summed E-state index contributed by atoms with van der Waals surface area (Å²) in [5, 5.41) is 8.67. The average molecular weight is 322 g/mol. The van der Waals surface area contributed by atoms with Crippen molar-refractivity contribution in [1.82, 2.24) is 0 Å². The van der Waals surface area contributed by atoms with Crippen LogP contribution in [0.15, 0.2) is 12.1 Å². The summed E-state index contributed by atoms with van der Waals surface area (Å²) >= 11 is 2.86. The number of alkyl halides is 4. The smallest absolute Gasteiger partial charge is 0.420 e. The molecule has 0 aliphatic heterocycles. The third-order valence-corrected chi connectivity index (χ3v) is 2.67. The number of nitriles is 1. The first-order chi connectivity index (χ1) is 8.35. The molecule has 1 rings (SSSR count). The molecular formula is C11H7BrF3NO2. The molecule has 1 aromatic rings. The van der Waals surface area contributed by atoms with Gasteiger partial charge >= 0.3 is 6.18 Å². The van der Waals surface area contributed by atoms with Gasteiger partial charge < -0.3 is 4.74 Å². The topological polar surface area (TPSA) is 50.1 Å². The van der Waals surface area contributed by atoms with Crippen molar-refractivity contribution in [1.29, 1.82) is 5.26 Å². The second-order valence-electron chi connectivity index (χ2n) is 3.27. The zero-order valence-corrected chi connectivity index (χ0v) is 10.7. The van der Waals surface area contributed by atoms with Crippen molar-refractivity contribution in [2.75, 3.05) is 12.4 Å². The number of methoxy groups -OCH3 is 1. The van der Waals surface area contributed by atoms with Gasteiger partial charge in [-0.3, -0.25) is 4.79 Å². The summed E-state index contributed by atoms with van der Waals surface area (Å²) in [5.74, 6) is -1.12. The summed E-state index contributed by atoms with van der Waals surface area (Å²) in [6, 6.07) is 3.35. The minimum Gasteiger partial charge on any atom is -0.495 e. The van der Waals surface area contributed by atoms with E-state index in [4.69, 9.17) is 5.26 Å². The molecule has 0 saturated carbocycles. The maximum atomic E-state index is 12.8. The summed E-state index contributed by atoms with van der Waals surface area (Å²) in [6.45, 7) is 0. The fraction of sp³-hybridized carbons (Fsp3) is 0.273. The van der Waals surface area contributed by atoms with Crippen molar-refractivity contribution >= 4 is 21.7 Å². The number of rotatable bonds is 3. The number of ether oxygens (including phenoxy) is 1. The van der Waals surface area contributed by atoms with Crippen molar-refractivity contribution in [3.63, 3.8) is 0 Å². The maximum Gasteiger partial charge on any atom is 0.420 e. The van der Waals surface area contributed by atoms with Crippen molar-refractivity contribution in [3.8, 4) is 11.8 Å². The van der Waals surface area contributed by atoms with Crippen molar-refractivity contribution in [3.05, 3.63) is 28.8 Å². The Morgan fingerprint density at radius 3 is 2.50 bits per heavy atom. The number of ketones is 1. The molecule has 0 saturated heterocycles. The highest BCUT2D eigenvalue weighted by Gasteiger charge is 2.36. The Morgan fingerprint density at radius 1 is 1.50 bits per heavy atom. The largest absolute Gasteiger partial charge is 0.495 e. The third kappa shape index (κ3) is 2.82. The monoisotopic (exact) mass is 321 g/mol. The molecule has 3 nitrogen and oxygen atoms in total. The highest BCUT2D eigenvalue weighted by molar-refractivity contribution is 9.09. The average Bonchev–Trinajstić information content (AvgIpc) is 2.34. The van der Waals surface area contributed by atoms with Gasteiger partial charge in [0.15, 0.2) is 5.78 Å². The van der Waals surface area contributed by atoms with Crippen LogP contribution < -0.4 is 4.74 Å². The standard InChI is InChI=1S/C11H7BrF3NO2/c1-18-10-7(5-16)2-6(9(17)4-12)3-8(10)11(13,14)15/h2-3H,4H2,1H3. The number of halogens is 4. The Balaban J connectivity index is 3.57. The number of hydrogen-bond donors (Lipinski definition) is 0. The molecule has 0 N–H and O–H groups in total. The lowest BCUT2D eigenvalue weighted by molar-refractivity contribution is -0.138. The normalized spacial score (nSPS) is 10.9. The molecule has 0 aromatic heterocycles. The van der Waals surface area contributed by atoms with Crippen LogP contribution in [-0.2, 0) is 6.18 Å². The number of nitrogens with zero attached hydrogens (tertiary/aromatic N) is 1. The van der Waals surface area contributed by atoms with E-state index in [-0.39, 0.29) is 16.5 Å². The van der Waals surface area contributed by atoms with Gasteiger partial charge in [0.05, 0.1) is 23.6 Å². The summed E-state index contributed by atoms with van der Waals surface area (Å²) in [5.41, 5.74) is -1.64.